The maximum Gasteiger partial charge on any atom is 0.228 e. The maximum atomic E-state index is 11.4. The van der Waals surface area contributed by atoms with Gasteiger partial charge in [-0.15, -0.1) is 11.3 Å². The molecule has 2 aromatic rings. The lowest BCUT2D eigenvalue weighted by Crippen LogP contribution is -2.40. The summed E-state index contributed by atoms with van der Waals surface area (Å²) in [5, 5.41) is 5.00. The fraction of sp³-hybridized carbons (Fsp3) is 0.750. The fourth-order valence-corrected chi connectivity index (χ4v) is 7.50. The van der Waals surface area contributed by atoms with E-state index in [2.05, 4.69) is 40.9 Å². The predicted octanol–water partition coefficient (Wildman–Crippen LogP) is 3.69. The molecule has 5 heterocycles. The summed E-state index contributed by atoms with van der Waals surface area (Å²) >= 11 is 1.78. The molecule has 37 heavy (non-hydrogen) atoms. The Morgan fingerprint density at radius 2 is 1.78 bits per heavy atom. The lowest BCUT2D eigenvalue weighted by Gasteiger charge is -2.34. The third-order valence-corrected chi connectivity index (χ3v) is 10.1. The van der Waals surface area contributed by atoms with Gasteiger partial charge < -0.3 is 25.8 Å². The number of amides is 1. The monoisotopic (exact) mass is 527 g/mol. The number of aromatic nitrogens is 2. The molecule has 204 valence electrons. The van der Waals surface area contributed by atoms with Gasteiger partial charge in [0.15, 0.2) is 0 Å². The Morgan fingerprint density at radius 1 is 1.03 bits per heavy atom. The molecule has 0 radical (unpaired) electrons. The summed E-state index contributed by atoms with van der Waals surface area (Å²) < 4.78 is 0. The van der Waals surface area contributed by atoms with E-state index in [1.165, 1.54) is 60.9 Å². The van der Waals surface area contributed by atoms with Crippen LogP contribution >= 0.6 is 11.3 Å². The number of thiophene rings is 1. The number of primary amides is 1. The van der Waals surface area contributed by atoms with Crippen LogP contribution in [0.15, 0.2) is 0 Å². The number of anilines is 2. The van der Waals surface area contributed by atoms with Crippen molar-refractivity contribution in [3.63, 3.8) is 0 Å². The van der Waals surface area contributed by atoms with E-state index in [0.29, 0.717) is 12.3 Å². The number of aryl methyl sites for hydroxylation is 2. The highest BCUT2D eigenvalue weighted by molar-refractivity contribution is 7.18. The highest BCUT2D eigenvalue weighted by atomic mass is 32.1. The summed E-state index contributed by atoms with van der Waals surface area (Å²) in [5.74, 6) is 2.73. The van der Waals surface area contributed by atoms with Gasteiger partial charge in [0.25, 0.3) is 0 Å². The first-order valence-electron chi connectivity index (χ1n) is 14.4. The number of hydrogen-bond acceptors (Lipinski definition) is 8. The molecule has 5 rings (SSSR count). The third-order valence-electron chi connectivity index (χ3n) is 8.98. The van der Waals surface area contributed by atoms with E-state index >= 15 is 0 Å². The Hall–Kier alpha value is -1.97. The number of piperidine rings is 2. The van der Waals surface area contributed by atoms with Crippen molar-refractivity contribution >= 4 is 39.2 Å². The SMILES string of the molecule is Cc1sc2nc(N3CCC(CC(N)=O)C3)nc(N3CCC(CNCCC4CCCCN4C)CC3)c2c1C. The average Bonchev–Trinajstić information content (AvgIpc) is 3.46. The third kappa shape index (κ3) is 6.20. The summed E-state index contributed by atoms with van der Waals surface area (Å²) in [7, 11) is 2.29. The Kier molecular flexibility index (Phi) is 8.51. The number of nitrogens with one attached hydrogen (secondary N) is 1. The van der Waals surface area contributed by atoms with Gasteiger partial charge in [-0.25, -0.2) is 4.98 Å². The van der Waals surface area contributed by atoms with Crippen LogP contribution in [0, 0.1) is 25.7 Å². The Balaban J connectivity index is 1.21. The highest BCUT2D eigenvalue weighted by Crippen LogP contribution is 2.38. The molecule has 2 atom stereocenters. The molecule has 1 amide bonds. The van der Waals surface area contributed by atoms with Crippen LogP contribution in [0.3, 0.4) is 0 Å². The first-order chi connectivity index (χ1) is 17.9. The van der Waals surface area contributed by atoms with Crippen LogP contribution in [0.1, 0.15) is 61.8 Å². The minimum absolute atomic E-state index is 0.216. The normalized spacial score (nSPS) is 23.9. The Labute approximate surface area is 226 Å². The van der Waals surface area contributed by atoms with Crippen molar-refractivity contribution in [2.45, 2.75) is 71.3 Å². The number of carbonyl (C=O) groups excluding carboxylic acids is 1. The fourth-order valence-electron chi connectivity index (χ4n) is 6.49. The van der Waals surface area contributed by atoms with Gasteiger partial charge in [0, 0.05) is 43.5 Å². The van der Waals surface area contributed by atoms with E-state index in [4.69, 9.17) is 15.7 Å². The zero-order chi connectivity index (χ0) is 25.9. The summed E-state index contributed by atoms with van der Waals surface area (Å²) in [6, 6.07) is 0.761. The molecule has 3 fully saturated rings. The quantitative estimate of drug-likeness (QED) is 0.481. The smallest absolute Gasteiger partial charge is 0.228 e. The lowest BCUT2D eigenvalue weighted by molar-refractivity contribution is -0.118. The van der Waals surface area contributed by atoms with Gasteiger partial charge in [0.2, 0.25) is 11.9 Å². The maximum absolute atomic E-state index is 11.4. The second-order valence-electron chi connectivity index (χ2n) is 11.6. The lowest BCUT2D eigenvalue weighted by atomic mass is 9.96. The van der Waals surface area contributed by atoms with Crippen LogP contribution in [-0.2, 0) is 4.79 Å². The molecule has 0 saturated carbocycles. The van der Waals surface area contributed by atoms with Crippen LogP contribution in [-0.4, -0.2) is 79.7 Å². The van der Waals surface area contributed by atoms with Crippen molar-refractivity contribution < 1.29 is 4.79 Å². The first kappa shape index (κ1) is 26.6. The van der Waals surface area contributed by atoms with Crippen molar-refractivity contribution in [1.29, 1.82) is 0 Å². The molecule has 3 aliphatic heterocycles. The van der Waals surface area contributed by atoms with Crippen LogP contribution in [0.25, 0.3) is 10.2 Å². The molecule has 0 aromatic carbocycles. The van der Waals surface area contributed by atoms with Crippen LogP contribution in [0.4, 0.5) is 11.8 Å². The van der Waals surface area contributed by atoms with Crippen molar-refractivity contribution in [1.82, 2.24) is 20.2 Å². The number of fused-ring (bicyclic) bond motifs is 1. The van der Waals surface area contributed by atoms with E-state index in [9.17, 15) is 4.79 Å². The number of likely N-dealkylation sites (tertiary alicyclic amines) is 1. The van der Waals surface area contributed by atoms with Gasteiger partial charge in [0.1, 0.15) is 10.6 Å². The summed E-state index contributed by atoms with van der Waals surface area (Å²) in [4.78, 5) is 31.3. The minimum atomic E-state index is -0.216. The van der Waals surface area contributed by atoms with Crippen LogP contribution in [0.5, 0.6) is 0 Å². The van der Waals surface area contributed by atoms with Gasteiger partial charge in [-0.3, -0.25) is 4.79 Å². The summed E-state index contributed by atoms with van der Waals surface area (Å²) in [5.41, 5.74) is 6.77. The van der Waals surface area contributed by atoms with Crippen LogP contribution < -0.4 is 20.9 Å². The highest BCUT2D eigenvalue weighted by Gasteiger charge is 2.29. The van der Waals surface area contributed by atoms with E-state index < -0.39 is 0 Å². The van der Waals surface area contributed by atoms with Crippen molar-refractivity contribution in [3.05, 3.63) is 10.4 Å². The topological polar surface area (TPSA) is 90.6 Å². The standard InChI is InChI=1S/C28H45N7OS/c1-19-20(2)37-27-25(19)26(31-28(32-27)35-15-10-22(18-35)16-24(29)36)34-13-8-21(9-14-34)17-30-11-7-23-6-4-5-12-33(23)3/h21-23,30H,4-18H2,1-3H3,(H2,29,36). The predicted molar refractivity (Wildman–Crippen MR) is 154 cm³/mol. The minimum Gasteiger partial charge on any atom is -0.370 e. The molecule has 3 N–H and O–H groups in total. The molecule has 0 bridgehead atoms. The van der Waals surface area contributed by atoms with Crippen molar-refractivity contribution in [2.24, 2.45) is 17.6 Å². The molecule has 9 heteroatoms. The zero-order valence-corrected chi connectivity index (χ0v) is 23.8. The second-order valence-corrected chi connectivity index (χ2v) is 12.8. The summed E-state index contributed by atoms with van der Waals surface area (Å²) in [6.07, 6.45) is 9.19. The number of hydrogen-bond donors (Lipinski definition) is 2. The molecule has 0 spiro atoms. The average molecular weight is 528 g/mol. The molecule has 3 saturated heterocycles. The summed E-state index contributed by atoms with van der Waals surface area (Å²) in [6.45, 7) is 11.7. The van der Waals surface area contributed by atoms with Gasteiger partial charge in [-0.2, -0.15) is 4.98 Å². The Bertz CT molecular complexity index is 1080. The van der Waals surface area contributed by atoms with Gasteiger partial charge in [0.05, 0.1) is 5.39 Å². The molecule has 2 aromatic heterocycles. The molecule has 8 nitrogen and oxygen atoms in total. The molecular formula is C28H45N7OS. The van der Waals surface area contributed by atoms with Gasteiger partial charge in [-0.1, -0.05) is 6.42 Å². The van der Waals surface area contributed by atoms with Crippen molar-refractivity contribution in [3.8, 4) is 0 Å². The number of nitrogens with zero attached hydrogens (tertiary/aromatic N) is 5. The van der Waals surface area contributed by atoms with Gasteiger partial charge >= 0.3 is 0 Å². The molecule has 0 aliphatic carbocycles. The number of rotatable bonds is 9. The Morgan fingerprint density at radius 3 is 2.54 bits per heavy atom. The van der Waals surface area contributed by atoms with E-state index in [1.54, 1.807) is 11.3 Å². The van der Waals surface area contributed by atoms with Crippen LogP contribution in [0.2, 0.25) is 0 Å². The van der Waals surface area contributed by atoms with E-state index in [-0.39, 0.29) is 5.91 Å². The van der Waals surface area contributed by atoms with E-state index in [0.717, 1.165) is 74.2 Å². The first-order valence-corrected chi connectivity index (χ1v) is 15.2. The van der Waals surface area contributed by atoms with Crippen molar-refractivity contribution in [2.75, 3.05) is 62.7 Å². The zero-order valence-electron chi connectivity index (χ0n) is 23.0. The largest absolute Gasteiger partial charge is 0.370 e. The molecule has 3 aliphatic rings. The molecule has 2 unspecified atom stereocenters. The van der Waals surface area contributed by atoms with Gasteiger partial charge in [-0.05, 0) is 96.5 Å². The number of carbonyl (C=O) groups is 1. The van der Waals surface area contributed by atoms with E-state index in [1.807, 2.05) is 0 Å². The molecular weight excluding hydrogens is 482 g/mol. The number of nitrogens with two attached hydrogens (primary N) is 1. The second kappa shape index (κ2) is 11.8.